The summed E-state index contributed by atoms with van der Waals surface area (Å²) in [5, 5.41) is 5.51. The van der Waals surface area contributed by atoms with Gasteiger partial charge in [-0.15, -0.1) is 0 Å². The van der Waals surface area contributed by atoms with E-state index in [9.17, 15) is 22.8 Å². The van der Waals surface area contributed by atoms with Gasteiger partial charge in [0.1, 0.15) is 0 Å². The van der Waals surface area contributed by atoms with Crippen LogP contribution in [0.4, 0.5) is 13.2 Å². The summed E-state index contributed by atoms with van der Waals surface area (Å²) in [6.07, 6.45) is -4.54. The molecule has 0 radical (unpaired) electrons. The lowest BCUT2D eigenvalue weighted by molar-refractivity contribution is -0.138. The second-order valence-corrected chi connectivity index (χ2v) is 9.36. The number of carbonyl (C=O) groups excluding carboxylic acids is 2. The number of rotatable bonds is 6. The number of esters is 1. The number of fused-ring (bicyclic) bond motifs is 1. The number of hydrogen-bond acceptors (Lipinski definition) is 6. The van der Waals surface area contributed by atoms with Crippen LogP contribution in [0.25, 0.3) is 0 Å². The number of ether oxygens (including phenoxy) is 1. The van der Waals surface area contributed by atoms with E-state index in [0.717, 1.165) is 12.1 Å². The van der Waals surface area contributed by atoms with E-state index in [0.29, 0.717) is 38.3 Å². The molecule has 1 unspecified atom stereocenters. The molecule has 2 aliphatic heterocycles. The number of allylic oxidation sites excluding steroid dienone is 1. The molecule has 188 valence electrons. The van der Waals surface area contributed by atoms with Gasteiger partial charge in [0.2, 0.25) is 5.91 Å². The number of methoxy groups -OCH3 is 1. The Hall–Kier alpha value is -3.24. The summed E-state index contributed by atoms with van der Waals surface area (Å²) in [6, 6.07) is 11.2. The molecule has 0 aliphatic carbocycles. The normalized spacial score (nSPS) is 17.4. The summed E-state index contributed by atoms with van der Waals surface area (Å²) < 4.78 is 44.0. The molecule has 1 amide bonds. The molecule has 6 nitrogen and oxygen atoms in total. The average Bonchev–Trinajstić information content (AvgIpc) is 3.22. The zero-order chi connectivity index (χ0) is 26.0. The molecule has 0 aromatic heterocycles. The van der Waals surface area contributed by atoms with Crippen LogP contribution in [0.3, 0.4) is 0 Å². The number of carbonyl (C=O) groups is 2. The molecule has 0 saturated heterocycles. The van der Waals surface area contributed by atoms with Crippen LogP contribution in [-0.2, 0) is 27.0 Å². The molecule has 0 saturated carbocycles. The Morgan fingerprint density at radius 2 is 1.94 bits per heavy atom. The first-order chi connectivity index (χ1) is 17.1. The van der Waals surface area contributed by atoms with Crippen molar-refractivity contribution in [1.82, 2.24) is 10.2 Å². The van der Waals surface area contributed by atoms with Crippen molar-refractivity contribution < 1.29 is 27.5 Å². The molecule has 0 bridgehead atoms. The Morgan fingerprint density at radius 3 is 2.64 bits per heavy atom. The van der Waals surface area contributed by atoms with Crippen LogP contribution in [0.15, 0.2) is 75.9 Å². The minimum absolute atomic E-state index is 0.0612. The highest BCUT2D eigenvalue weighted by Gasteiger charge is 2.41. The SMILES string of the molecule is COC(=O)C1=C(C)N=C2SC=C(CC(=O)NCc3cccc(C(F)(F)F)c3)N2C1c1cccc(Cl)c1. The molecule has 36 heavy (non-hydrogen) atoms. The third kappa shape index (κ3) is 5.44. The van der Waals surface area contributed by atoms with Gasteiger partial charge >= 0.3 is 12.1 Å². The monoisotopic (exact) mass is 535 g/mol. The van der Waals surface area contributed by atoms with Gasteiger partial charge in [-0.1, -0.05) is 47.6 Å². The molecule has 11 heteroatoms. The topological polar surface area (TPSA) is 71.0 Å². The minimum Gasteiger partial charge on any atom is -0.466 e. The Balaban J connectivity index is 1.55. The van der Waals surface area contributed by atoms with E-state index in [2.05, 4.69) is 10.3 Å². The molecular weight excluding hydrogens is 515 g/mol. The lowest BCUT2D eigenvalue weighted by Crippen LogP contribution is -2.37. The van der Waals surface area contributed by atoms with E-state index in [4.69, 9.17) is 16.3 Å². The van der Waals surface area contributed by atoms with Gasteiger partial charge in [0.15, 0.2) is 5.17 Å². The highest BCUT2D eigenvalue weighted by molar-refractivity contribution is 8.16. The Bertz CT molecular complexity index is 1310. The third-order valence-electron chi connectivity index (χ3n) is 5.66. The molecule has 2 heterocycles. The summed E-state index contributed by atoms with van der Waals surface area (Å²) in [5.41, 5.74) is 1.67. The van der Waals surface area contributed by atoms with Crippen LogP contribution in [-0.4, -0.2) is 29.1 Å². The zero-order valence-corrected chi connectivity index (χ0v) is 20.8. The number of nitrogens with one attached hydrogen (secondary N) is 1. The molecular formula is C25H21ClF3N3O3S. The minimum atomic E-state index is -4.46. The molecule has 4 rings (SSSR count). The Morgan fingerprint density at radius 1 is 1.19 bits per heavy atom. The van der Waals surface area contributed by atoms with E-state index in [1.165, 1.54) is 31.0 Å². The number of benzene rings is 2. The molecule has 0 spiro atoms. The van der Waals surface area contributed by atoms with Crippen molar-refractivity contribution in [2.45, 2.75) is 32.1 Å². The first kappa shape index (κ1) is 25.8. The number of hydrogen-bond donors (Lipinski definition) is 1. The maximum absolute atomic E-state index is 13.0. The number of alkyl halides is 3. The highest BCUT2D eigenvalue weighted by Crippen LogP contribution is 2.45. The number of amides is 1. The van der Waals surface area contributed by atoms with E-state index in [1.54, 1.807) is 35.4 Å². The first-order valence-corrected chi connectivity index (χ1v) is 12.0. The van der Waals surface area contributed by atoms with Crippen molar-refractivity contribution in [3.05, 3.63) is 92.6 Å². The lowest BCUT2D eigenvalue weighted by atomic mass is 9.94. The van der Waals surface area contributed by atoms with Gasteiger partial charge in [-0.25, -0.2) is 9.79 Å². The van der Waals surface area contributed by atoms with Gasteiger partial charge in [0.05, 0.1) is 36.4 Å². The molecule has 1 N–H and O–H groups in total. The quantitative estimate of drug-likeness (QED) is 0.472. The summed E-state index contributed by atoms with van der Waals surface area (Å²) in [6.45, 7) is 1.66. The maximum atomic E-state index is 13.0. The summed E-state index contributed by atoms with van der Waals surface area (Å²) >= 11 is 7.54. The van der Waals surface area contributed by atoms with Crippen LogP contribution in [0.1, 0.15) is 36.1 Å². The van der Waals surface area contributed by atoms with E-state index in [-0.39, 0.29) is 13.0 Å². The Labute approximate surface area is 214 Å². The standard InChI is InChI=1S/C25H21ClF3N3O3S/c1-14-21(23(34)35-2)22(16-6-4-8-18(26)10-16)32-19(13-36-24(32)31-14)11-20(33)30-12-15-5-3-7-17(9-15)25(27,28)29/h3-10,13,22H,11-12H2,1-2H3,(H,30,33). The van der Waals surface area contributed by atoms with Crippen LogP contribution >= 0.6 is 23.4 Å². The van der Waals surface area contributed by atoms with Gasteiger partial charge in [0.25, 0.3) is 0 Å². The predicted molar refractivity (Wildman–Crippen MR) is 132 cm³/mol. The fraction of sp³-hybridized carbons (Fsp3) is 0.240. The number of halogens is 4. The molecule has 0 fully saturated rings. The Kier molecular flexibility index (Phi) is 7.46. The van der Waals surface area contributed by atoms with Gasteiger partial charge in [-0.05, 0) is 47.7 Å². The van der Waals surface area contributed by atoms with Crippen LogP contribution < -0.4 is 5.32 Å². The molecule has 1 atom stereocenters. The van der Waals surface area contributed by atoms with Crippen LogP contribution in [0.5, 0.6) is 0 Å². The largest absolute Gasteiger partial charge is 0.466 e. The molecule has 2 aromatic rings. The summed E-state index contributed by atoms with van der Waals surface area (Å²) in [4.78, 5) is 31.8. The highest BCUT2D eigenvalue weighted by atomic mass is 35.5. The van der Waals surface area contributed by atoms with E-state index >= 15 is 0 Å². The second kappa shape index (κ2) is 10.4. The van der Waals surface area contributed by atoms with E-state index < -0.39 is 29.7 Å². The number of thioether (sulfide) groups is 1. The van der Waals surface area contributed by atoms with Crippen molar-refractivity contribution in [3.8, 4) is 0 Å². The van der Waals surface area contributed by atoms with Crippen molar-refractivity contribution >= 4 is 40.4 Å². The average molecular weight is 536 g/mol. The van der Waals surface area contributed by atoms with Gasteiger partial charge in [0, 0.05) is 17.3 Å². The fourth-order valence-electron chi connectivity index (χ4n) is 4.02. The first-order valence-electron chi connectivity index (χ1n) is 10.8. The van der Waals surface area contributed by atoms with Crippen LogP contribution in [0.2, 0.25) is 5.02 Å². The smallest absolute Gasteiger partial charge is 0.416 e. The van der Waals surface area contributed by atoms with Crippen LogP contribution in [0, 0.1) is 0 Å². The number of nitrogens with zero attached hydrogens (tertiary/aromatic N) is 2. The van der Waals surface area contributed by atoms with Gasteiger partial charge in [-0.3, -0.25) is 4.79 Å². The zero-order valence-electron chi connectivity index (χ0n) is 19.2. The third-order valence-corrected chi connectivity index (χ3v) is 6.78. The van der Waals surface area contributed by atoms with Crippen molar-refractivity contribution in [2.75, 3.05) is 7.11 Å². The van der Waals surface area contributed by atoms with Crippen molar-refractivity contribution in [3.63, 3.8) is 0 Å². The number of amidine groups is 1. The van der Waals surface area contributed by atoms with Crippen molar-refractivity contribution in [2.24, 2.45) is 4.99 Å². The predicted octanol–water partition coefficient (Wildman–Crippen LogP) is 5.81. The molecule has 2 aliphatic rings. The van der Waals surface area contributed by atoms with Gasteiger partial charge < -0.3 is 15.0 Å². The van der Waals surface area contributed by atoms with Gasteiger partial charge in [-0.2, -0.15) is 13.2 Å². The molecule has 2 aromatic carbocycles. The second-order valence-electron chi connectivity index (χ2n) is 8.09. The summed E-state index contributed by atoms with van der Waals surface area (Å²) in [5.74, 6) is -0.943. The summed E-state index contributed by atoms with van der Waals surface area (Å²) in [7, 11) is 1.29. The maximum Gasteiger partial charge on any atom is 0.416 e. The fourth-order valence-corrected chi connectivity index (χ4v) is 5.18. The van der Waals surface area contributed by atoms with E-state index in [1.807, 2.05) is 6.07 Å². The lowest BCUT2D eigenvalue weighted by Gasteiger charge is -2.36. The number of aliphatic imine (C=N–C) groups is 1. The van der Waals surface area contributed by atoms with Crippen molar-refractivity contribution in [1.29, 1.82) is 0 Å².